The first-order chi connectivity index (χ1) is 18.0. The fourth-order valence-electron chi connectivity index (χ4n) is 5.25. The molecule has 0 spiro atoms. The molecule has 5 aromatic rings. The Labute approximate surface area is 214 Å². The van der Waals surface area contributed by atoms with Gasteiger partial charge in [-0.2, -0.15) is 0 Å². The molecule has 8 heteroatoms. The van der Waals surface area contributed by atoms with Crippen molar-refractivity contribution in [2.24, 2.45) is 0 Å². The molecule has 8 nitrogen and oxygen atoms in total. The Kier molecular flexibility index (Phi) is 5.71. The maximum atomic E-state index is 13.7. The monoisotopic (exact) mass is 492 g/mol. The summed E-state index contributed by atoms with van der Waals surface area (Å²) < 4.78 is 7.09. The zero-order chi connectivity index (χ0) is 25.5. The van der Waals surface area contributed by atoms with E-state index in [4.69, 9.17) is 4.74 Å². The second kappa shape index (κ2) is 9.20. The summed E-state index contributed by atoms with van der Waals surface area (Å²) >= 11 is 0. The van der Waals surface area contributed by atoms with Gasteiger partial charge in [0, 0.05) is 17.8 Å². The third-order valence-corrected chi connectivity index (χ3v) is 7.40. The van der Waals surface area contributed by atoms with Gasteiger partial charge in [0.2, 0.25) is 0 Å². The molecule has 1 aliphatic rings. The van der Waals surface area contributed by atoms with Crippen LogP contribution < -0.4 is 15.2 Å². The number of anilines is 1. The number of para-hydroxylation sites is 1. The second-order valence-electron chi connectivity index (χ2n) is 9.54. The standard InChI is InChI=1S/C29H28N6O2/c1-18-8-11-22-16-24(29(36)30-26(22)19(18)2)27(34-15-14-21-6-4-5-7-25(21)34)28-31-32-33-35(28)17-20-9-12-23(37-3)13-10-20/h4-13,16,27H,14-15,17H2,1-3H3,(H,30,36)/t27-/m1/s1. The van der Waals surface area contributed by atoms with E-state index in [9.17, 15) is 4.79 Å². The van der Waals surface area contributed by atoms with Crippen molar-refractivity contribution in [3.63, 3.8) is 0 Å². The number of benzene rings is 3. The Morgan fingerprint density at radius 2 is 1.86 bits per heavy atom. The molecular formula is C29H28N6O2. The highest BCUT2D eigenvalue weighted by molar-refractivity contribution is 5.83. The van der Waals surface area contributed by atoms with Crippen LogP contribution in [0.2, 0.25) is 0 Å². The lowest BCUT2D eigenvalue weighted by molar-refractivity contribution is 0.414. The maximum absolute atomic E-state index is 13.7. The van der Waals surface area contributed by atoms with Crippen LogP contribution in [0.1, 0.15) is 39.7 Å². The van der Waals surface area contributed by atoms with Crippen molar-refractivity contribution in [1.82, 2.24) is 25.2 Å². The number of ether oxygens (including phenoxy) is 1. The summed E-state index contributed by atoms with van der Waals surface area (Å²) in [4.78, 5) is 19.1. The molecule has 0 amide bonds. The summed E-state index contributed by atoms with van der Waals surface area (Å²) in [6.07, 6.45) is 0.899. The summed E-state index contributed by atoms with van der Waals surface area (Å²) in [5.41, 5.74) is 6.97. The van der Waals surface area contributed by atoms with Crippen molar-refractivity contribution in [1.29, 1.82) is 0 Å². The first kappa shape index (κ1) is 23.0. The molecule has 1 atom stereocenters. The van der Waals surface area contributed by atoms with Crippen LogP contribution in [0.25, 0.3) is 10.9 Å². The van der Waals surface area contributed by atoms with E-state index < -0.39 is 6.04 Å². The molecule has 0 unspecified atom stereocenters. The summed E-state index contributed by atoms with van der Waals surface area (Å²) in [6.45, 7) is 5.33. The highest BCUT2D eigenvalue weighted by Gasteiger charge is 2.34. The fourth-order valence-corrected chi connectivity index (χ4v) is 5.25. The third kappa shape index (κ3) is 4.04. The summed E-state index contributed by atoms with van der Waals surface area (Å²) in [5, 5.41) is 13.8. The number of aryl methyl sites for hydroxylation is 2. The second-order valence-corrected chi connectivity index (χ2v) is 9.54. The molecule has 0 aliphatic carbocycles. The van der Waals surface area contributed by atoms with Gasteiger partial charge < -0.3 is 14.6 Å². The average Bonchev–Trinajstić information content (AvgIpc) is 3.55. The van der Waals surface area contributed by atoms with E-state index in [-0.39, 0.29) is 5.56 Å². The smallest absolute Gasteiger partial charge is 0.254 e. The number of aromatic nitrogens is 5. The SMILES string of the molecule is COc1ccc(Cn2nnnc2[C@@H](c2cc3ccc(C)c(C)c3[nH]c2=O)N2CCc3ccccc32)cc1. The molecule has 0 saturated heterocycles. The summed E-state index contributed by atoms with van der Waals surface area (Å²) in [5.74, 6) is 1.42. The van der Waals surface area contributed by atoms with Crippen LogP contribution in [-0.2, 0) is 13.0 Å². The first-order valence-electron chi connectivity index (χ1n) is 12.4. The van der Waals surface area contributed by atoms with Gasteiger partial charge in [0.25, 0.3) is 5.56 Å². The molecule has 1 N–H and O–H groups in total. The molecule has 2 aromatic heterocycles. The normalized spacial score (nSPS) is 13.6. The molecule has 3 heterocycles. The maximum Gasteiger partial charge on any atom is 0.254 e. The predicted molar refractivity (Wildman–Crippen MR) is 143 cm³/mol. The van der Waals surface area contributed by atoms with Crippen molar-refractivity contribution in [3.8, 4) is 5.75 Å². The van der Waals surface area contributed by atoms with Gasteiger partial charge in [-0.3, -0.25) is 4.79 Å². The number of rotatable bonds is 6. The fraction of sp³-hybridized carbons (Fsp3) is 0.241. The van der Waals surface area contributed by atoms with E-state index in [1.807, 2.05) is 43.3 Å². The Balaban J connectivity index is 1.50. The zero-order valence-corrected chi connectivity index (χ0v) is 21.1. The number of fused-ring (bicyclic) bond motifs is 2. The van der Waals surface area contributed by atoms with Gasteiger partial charge in [0.05, 0.1) is 19.2 Å². The lowest BCUT2D eigenvalue weighted by atomic mass is 10.00. The number of methoxy groups -OCH3 is 1. The van der Waals surface area contributed by atoms with Crippen molar-refractivity contribution in [2.75, 3.05) is 18.6 Å². The quantitative estimate of drug-likeness (QED) is 0.379. The van der Waals surface area contributed by atoms with Crippen LogP contribution in [0.4, 0.5) is 5.69 Å². The Morgan fingerprint density at radius 3 is 2.68 bits per heavy atom. The zero-order valence-electron chi connectivity index (χ0n) is 21.1. The molecule has 0 bridgehead atoms. The Morgan fingerprint density at radius 1 is 1.05 bits per heavy atom. The number of hydrogen-bond donors (Lipinski definition) is 1. The molecule has 1 aliphatic heterocycles. The van der Waals surface area contributed by atoms with Gasteiger partial charge in [-0.05, 0) is 82.6 Å². The molecule has 0 radical (unpaired) electrons. The number of H-pyrrole nitrogens is 1. The van der Waals surface area contributed by atoms with E-state index in [0.717, 1.165) is 52.0 Å². The largest absolute Gasteiger partial charge is 0.497 e. The molecule has 3 aromatic carbocycles. The van der Waals surface area contributed by atoms with Crippen LogP contribution >= 0.6 is 0 Å². The van der Waals surface area contributed by atoms with Gasteiger partial charge in [-0.15, -0.1) is 5.10 Å². The van der Waals surface area contributed by atoms with E-state index in [2.05, 4.69) is 62.7 Å². The number of nitrogens with one attached hydrogen (secondary N) is 1. The number of pyridine rings is 1. The van der Waals surface area contributed by atoms with Gasteiger partial charge in [0.15, 0.2) is 5.82 Å². The van der Waals surface area contributed by atoms with Gasteiger partial charge in [0.1, 0.15) is 11.8 Å². The van der Waals surface area contributed by atoms with E-state index in [1.54, 1.807) is 11.8 Å². The minimum absolute atomic E-state index is 0.130. The molecule has 37 heavy (non-hydrogen) atoms. The molecule has 186 valence electrons. The molecule has 6 rings (SSSR count). The predicted octanol–water partition coefficient (Wildman–Crippen LogP) is 4.34. The number of tetrazole rings is 1. The summed E-state index contributed by atoms with van der Waals surface area (Å²) in [7, 11) is 1.65. The number of aromatic amines is 1. The minimum Gasteiger partial charge on any atom is -0.497 e. The number of hydrogen-bond acceptors (Lipinski definition) is 6. The molecule has 0 saturated carbocycles. The Hall–Kier alpha value is -4.46. The van der Waals surface area contributed by atoms with Gasteiger partial charge in [-0.25, -0.2) is 4.68 Å². The van der Waals surface area contributed by atoms with Crippen molar-refractivity contribution in [3.05, 3.63) is 111 Å². The third-order valence-electron chi connectivity index (χ3n) is 7.40. The minimum atomic E-state index is -0.452. The van der Waals surface area contributed by atoms with E-state index in [0.29, 0.717) is 17.9 Å². The first-order valence-corrected chi connectivity index (χ1v) is 12.4. The van der Waals surface area contributed by atoms with Gasteiger partial charge in [-0.1, -0.05) is 42.5 Å². The Bertz CT molecular complexity index is 1650. The topological polar surface area (TPSA) is 88.9 Å². The molecule has 0 fully saturated rings. The lowest BCUT2D eigenvalue weighted by Gasteiger charge is -2.29. The number of nitrogens with zero attached hydrogens (tertiary/aromatic N) is 5. The van der Waals surface area contributed by atoms with Crippen molar-refractivity contribution >= 4 is 16.6 Å². The molecular weight excluding hydrogens is 464 g/mol. The van der Waals surface area contributed by atoms with Crippen molar-refractivity contribution in [2.45, 2.75) is 32.9 Å². The summed E-state index contributed by atoms with van der Waals surface area (Å²) in [6, 6.07) is 21.9. The van der Waals surface area contributed by atoms with Crippen LogP contribution in [0, 0.1) is 13.8 Å². The highest BCUT2D eigenvalue weighted by atomic mass is 16.5. The lowest BCUT2D eigenvalue weighted by Crippen LogP contribution is -2.34. The van der Waals surface area contributed by atoms with Gasteiger partial charge >= 0.3 is 0 Å². The van der Waals surface area contributed by atoms with Crippen LogP contribution in [0.3, 0.4) is 0 Å². The average molecular weight is 493 g/mol. The van der Waals surface area contributed by atoms with Crippen LogP contribution in [0.15, 0.2) is 71.5 Å². The van der Waals surface area contributed by atoms with Crippen molar-refractivity contribution < 1.29 is 4.74 Å². The highest BCUT2D eigenvalue weighted by Crippen LogP contribution is 2.37. The van der Waals surface area contributed by atoms with E-state index >= 15 is 0 Å². The van der Waals surface area contributed by atoms with E-state index in [1.165, 1.54) is 5.56 Å². The van der Waals surface area contributed by atoms with Crippen LogP contribution in [-0.4, -0.2) is 38.8 Å². The van der Waals surface area contributed by atoms with Crippen LogP contribution in [0.5, 0.6) is 5.75 Å².